The second-order valence-corrected chi connectivity index (χ2v) is 9.05. The van der Waals surface area contributed by atoms with Crippen LogP contribution in [0.2, 0.25) is 0 Å². The smallest absolute Gasteiger partial charge is 0.123 e. The molecular weight excluding hydrogens is 419 g/mol. The molecule has 0 radical (unpaired) electrons. The Hall–Kier alpha value is -2.13. The van der Waals surface area contributed by atoms with Crippen molar-refractivity contribution in [1.82, 2.24) is 0 Å². The predicted octanol–water partition coefficient (Wildman–Crippen LogP) is 2.97. The van der Waals surface area contributed by atoms with Gasteiger partial charge in [0.1, 0.15) is 36.3 Å². The highest BCUT2D eigenvalue weighted by atomic mass is 32.1. The van der Waals surface area contributed by atoms with Gasteiger partial charge in [-0.15, -0.1) is 11.3 Å². The van der Waals surface area contributed by atoms with Crippen molar-refractivity contribution in [3.8, 4) is 10.4 Å². The zero-order valence-electron chi connectivity index (χ0n) is 17.0. The molecule has 0 saturated carbocycles. The molecule has 1 aromatic heterocycles. The minimum absolute atomic E-state index is 0.263. The topological polar surface area (TPSA) is 90.2 Å². The van der Waals surface area contributed by atoms with Crippen LogP contribution in [0.3, 0.4) is 0 Å². The van der Waals surface area contributed by atoms with Crippen molar-refractivity contribution < 1.29 is 29.6 Å². The summed E-state index contributed by atoms with van der Waals surface area (Å²) in [6, 6.07) is 16.2. The molecule has 1 saturated heterocycles. The van der Waals surface area contributed by atoms with Gasteiger partial charge in [0.15, 0.2) is 0 Å². The molecule has 4 rings (SSSR count). The normalized spacial score (nSPS) is 26.2. The van der Waals surface area contributed by atoms with Crippen molar-refractivity contribution in [1.29, 1.82) is 0 Å². The van der Waals surface area contributed by atoms with Gasteiger partial charge in [-0.25, -0.2) is 4.39 Å². The molecule has 1 unspecified atom stereocenters. The Morgan fingerprint density at radius 1 is 0.935 bits per heavy atom. The zero-order chi connectivity index (χ0) is 22.1. The average molecular weight is 445 g/mol. The van der Waals surface area contributed by atoms with E-state index >= 15 is 0 Å². The molecule has 164 valence electrons. The third-order valence-corrected chi connectivity index (χ3v) is 6.88. The van der Waals surface area contributed by atoms with E-state index < -0.39 is 37.1 Å². The zero-order valence-corrected chi connectivity index (χ0v) is 17.8. The largest absolute Gasteiger partial charge is 0.394 e. The van der Waals surface area contributed by atoms with Crippen molar-refractivity contribution >= 4 is 11.3 Å². The Morgan fingerprint density at radius 3 is 2.39 bits per heavy atom. The lowest BCUT2D eigenvalue weighted by Gasteiger charge is -2.40. The molecule has 7 heteroatoms. The molecule has 1 aliphatic heterocycles. The lowest BCUT2D eigenvalue weighted by atomic mass is 9.89. The SMILES string of the molecule is Cc1ccc([C@H]2O[C@H](CO)C(O)[C@H](O)[C@H]2O)cc1Cc1ccc(-c2ccc(F)cc2)s1. The number of rotatable bonds is 5. The predicted molar refractivity (Wildman–Crippen MR) is 116 cm³/mol. The molecule has 5 atom stereocenters. The van der Waals surface area contributed by atoms with Crippen LogP contribution in [0.4, 0.5) is 4.39 Å². The number of hydrogen-bond donors (Lipinski definition) is 4. The van der Waals surface area contributed by atoms with Crippen LogP contribution >= 0.6 is 11.3 Å². The molecule has 2 aromatic carbocycles. The second kappa shape index (κ2) is 9.16. The summed E-state index contributed by atoms with van der Waals surface area (Å²) >= 11 is 1.63. The van der Waals surface area contributed by atoms with Crippen molar-refractivity contribution in [2.24, 2.45) is 0 Å². The summed E-state index contributed by atoms with van der Waals surface area (Å²) in [5.74, 6) is -0.263. The molecule has 31 heavy (non-hydrogen) atoms. The highest BCUT2D eigenvalue weighted by Gasteiger charge is 2.43. The van der Waals surface area contributed by atoms with Gasteiger partial charge >= 0.3 is 0 Å². The number of halogens is 1. The van der Waals surface area contributed by atoms with E-state index in [1.54, 1.807) is 23.5 Å². The molecule has 3 aromatic rings. The van der Waals surface area contributed by atoms with Gasteiger partial charge in [-0.05, 0) is 53.4 Å². The Labute approximate surface area is 184 Å². The summed E-state index contributed by atoms with van der Waals surface area (Å²) in [5.41, 5.74) is 3.75. The monoisotopic (exact) mass is 444 g/mol. The first kappa shape index (κ1) is 22.1. The maximum absolute atomic E-state index is 13.2. The lowest BCUT2D eigenvalue weighted by Crippen LogP contribution is -2.55. The van der Waals surface area contributed by atoms with Crippen LogP contribution in [-0.4, -0.2) is 51.4 Å². The first-order chi connectivity index (χ1) is 14.9. The number of aryl methyl sites for hydroxylation is 1. The maximum Gasteiger partial charge on any atom is 0.123 e. The van der Waals surface area contributed by atoms with Crippen molar-refractivity contribution in [2.45, 2.75) is 43.9 Å². The van der Waals surface area contributed by atoms with Gasteiger partial charge in [0.2, 0.25) is 0 Å². The fourth-order valence-corrected chi connectivity index (χ4v) is 4.90. The van der Waals surface area contributed by atoms with Gasteiger partial charge < -0.3 is 25.2 Å². The molecule has 5 nitrogen and oxygen atoms in total. The lowest BCUT2D eigenvalue weighted by molar-refractivity contribution is -0.231. The fraction of sp³-hybridized carbons (Fsp3) is 0.333. The minimum Gasteiger partial charge on any atom is -0.394 e. The number of thiophene rings is 1. The van der Waals surface area contributed by atoms with Crippen LogP contribution in [0.1, 0.15) is 27.7 Å². The molecular formula is C24H25FO5S. The number of benzene rings is 2. The third-order valence-electron chi connectivity index (χ3n) is 5.75. The van der Waals surface area contributed by atoms with Gasteiger partial charge in [-0.3, -0.25) is 0 Å². The number of aliphatic hydroxyl groups excluding tert-OH is 4. The van der Waals surface area contributed by atoms with E-state index in [1.165, 1.54) is 12.1 Å². The van der Waals surface area contributed by atoms with E-state index in [0.29, 0.717) is 12.0 Å². The van der Waals surface area contributed by atoms with E-state index in [-0.39, 0.29) is 5.82 Å². The summed E-state index contributed by atoms with van der Waals surface area (Å²) in [4.78, 5) is 2.19. The van der Waals surface area contributed by atoms with Gasteiger partial charge in [0, 0.05) is 16.2 Å². The highest BCUT2D eigenvalue weighted by molar-refractivity contribution is 7.15. The van der Waals surface area contributed by atoms with E-state index in [2.05, 4.69) is 0 Å². The standard InChI is InChI=1S/C24H25FO5S/c1-13-2-3-15(24-23(29)22(28)21(27)19(12-26)30-24)10-16(13)11-18-8-9-20(31-18)14-4-6-17(25)7-5-14/h2-10,19,21-24,26-29H,11-12H2,1H3/t19-,21?,22+,23-,24-/m1/s1. The molecule has 1 aliphatic rings. The van der Waals surface area contributed by atoms with Crippen LogP contribution < -0.4 is 0 Å². The number of aliphatic hydroxyl groups is 4. The molecule has 0 aliphatic carbocycles. The molecule has 0 bridgehead atoms. The summed E-state index contributed by atoms with van der Waals surface area (Å²) in [6.07, 6.45) is -5.21. The third kappa shape index (κ3) is 4.57. The van der Waals surface area contributed by atoms with Gasteiger partial charge in [-0.1, -0.05) is 30.3 Å². The Morgan fingerprint density at radius 2 is 1.68 bits per heavy atom. The van der Waals surface area contributed by atoms with Crippen LogP contribution in [0, 0.1) is 12.7 Å². The maximum atomic E-state index is 13.2. The van der Waals surface area contributed by atoms with Crippen molar-refractivity contribution in [3.63, 3.8) is 0 Å². The first-order valence-electron chi connectivity index (χ1n) is 10.1. The van der Waals surface area contributed by atoms with Crippen LogP contribution in [0.15, 0.2) is 54.6 Å². The van der Waals surface area contributed by atoms with Crippen LogP contribution in [0.5, 0.6) is 0 Å². The van der Waals surface area contributed by atoms with Crippen LogP contribution in [-0.2, 0) is 11.2 Å². The van der Waals surface area contributed by atoms with E-state index in [1.807, 2.05) is 37.3 Å². The Kier molecular flexibility index (Phi) is 6.52. The van der Waals surface area contributed by atoms with Gasteiger partial charge in [0.25, 0.3) is 0 Å². The second-order valence-electron chi connectivity index (χ2n) is 7.89. The minimum atomic E-state index is -1.41. The van der Waals surface area contributed by atoms with Crippen molar-refractivity contribution in [2.75, 3.05) is 6.61 Å². The van der Waals surface area contributed by atoms with E-state index in [0.717, 1.165) is 26.4 Å². The van der Waals surface area contributed by atoms with Gasteiger partial charge in [-0.2, -0.15) is 0 Å². The van der Waals surface area contributed by atoms with Gasteiger partial charge in [0.05, 0.1) is 6.61 Å². The Bertz CT molecular complexity index is 1030. The molecule has 1 fully saturated rings. The number of ether oxygens (including phenoxy) is 1. The first-order valence-corrected chi connectivity index (χ1v) is 10.9. The quantitative estimate of drug-likeness (QED) is 0.486. The molecule has 4 N–H and O–H groups in total. The highest BCUT2D eigenvalue weighted by Crippen LogP contribution is 2.35. The van der Waals surface area contributed by atoms with E-state index in [4.69, 9.17) is 4.74 Å². The fourth-order valence-electron chi connectivity index (χ4n) is 3.87. The average Bonchev–Trinajstić information content (AvgIpc) is 3.23. The summed E-state index contributed by atoms with van der Waals surface area (Å²) < 4.78 is 18.9. The molecule has 0 amide bonds. The number of hydrogen-bond acceptors (Lipinski definition) is 6. The molecule has 2 heterocycles. The summed E-state index contributed by atoms with van der Waals surface area (Å²) in [5, 5.41) is 40.0. The summed E-state index contributed by atoms with van der Waals surface area (Å²) in [6.45, 7) is 1.54. The summed E-state index contributed by atoms with van der Waals surface area (Å²) in [7, 11) is 0. The van der Waals surface area contributed by atoms with Crippen molar-refractivity contribution in [3.05, 3.63) is 82.0 Å². The Balaban J connectivity index is 1.57. The van der Waals surface area contributed by atoms with Crippen LogP contribution in [0.25, 0.3) is 10.4 Å². The van der Waals surface area contributed by atoms with E-state index in [9.17, 15) is 24.8 Å². The molecule has 0 spiro atoms.